The van der Waals surface area contributed by atoms with Crippen molar-refractivity contribution in [2.75, 3.05) is 34.6 Å². The van der Waals surface area contributed by atoms with Gasteiger partial charge in [0.05, 0.1) is 21.3 Å². The van der Waals surface area contributed by atoms with Crippen LogP contribution in [0.2, 0.25) is 0 Å². The first-order valence-corrected chi connectivity index (χ1v) is 10.6. The van der Waals surface area contributed by atoms with E-state index < -0.39 is 7.60 Å². The van der Waals surface area contributed by atoms with E-state index in [4.69, 9.17) is 23.5 Å². The highest BCUT2D eigenvalue weighted by molar-refractivity contribution is 7.52. The zero-order valence-electron chi connectivity index (χ0n) is 16.4. The molecule has 0 amide bonds. The Bertz CT molecular complexity index is 996. The van der Waals surface area contributed by atoms with Crippen LogP contribution in [-0.2, 0) is 4.57 Å². The minimum Gasteiger partial charge on any atom is -0.493 e. The van der Waals surface area contributed by atoms with Crippen LogP contribution in [0.1, 0.15) is 15.9 Å². The summed E-state index contributed by atoms with van der Waals surface area (Å²) >= 11 is 0. The van der Waals surface area contributed by atoms with Gasteiger partial charge in [0, 0.05) is 23.4 Å². The van der Waals surface area contributed by atoms with E-state index in [1.165, 1.54) is 27.4 Å². The number of ketones is 1. The number of methoxy groups -OCH3 is 3. The van der Waals surface area contributed by atoms with Crippen molar-refractivity contribution in [1.29, 1.82) is 0 Å². The molecule has 0 bridgehead atoms. The van der Waals surface area contributed by atoms with Crippen molar-refractivity contribution in [2.24, 2.45) is 0 Å². The minimum atomic E-state index is -3.75. The number of fused-ring (bicyclic) bond motifs is 1. The smallest absolute Gasteiger partial charge is 0.373 e. The summed E-state index contributed by atoms with van der Waals surface area (Å²) in [5.74, 6) is 1.30. The highest BCUT2D eigenvalue weighted by atomic mass is 31.2. The molecule has 0 spiro atoms. The number of carbonyl (C=O) groups excluding carboxylic acids is 1. The van der Waals surface area contributed by atoms with Crippen LogP contribution in [0, 0.1) is 0 Å². The average Bonchev–Trinajstić information content (AvgIpc) is 2.70. The lowest BCUT2D eigenvalue weighted by molar-refractivity contribution is 0.102. The molecule has 0 saturated heterocycles. The lowest BCUT2D eigenvalue weighted by atomic mass is 9.98. The first-order chi connectivity index (χ1) is 13.8. The Kier molecular flexibility index (Phi) is 5.86. The normalized spacial score (nSPS) is 14.6. The highest BCUT2D eigenvalue weighted by Crippen LogP contribution is 2.45. The first-order valence-electron chi connectivity index (χ1n) is 8.58. The van der Waals surface area contributed by atoms with Gasteiger partial charge in [-0.05, 0) is 24.3 Å². The molecule has 0 aliphatic carbocycles. The van der Waals surface area contributed by atoms with Gasteiger partial charge in [0.25, 0.3) is 0 Å². The van der Waals surface area contributed by atoms with Crippen molar-refractivity contribution in [3.8, 4) is 28.7 Å². The average molecular weight is 420 g/mol. The minimum absolute atomic E-state index is 0.0255. The van der Waals surface area contributed by atoms with Crippen LogP contribution in [0.4, 0.5) is 0 Å². The van der Waals surface area contributed by atoms with Gasteiger partial charge in [0.15, 0.2) is 28.8 Å². The summed E-state index contributed by atoms with van der Waals surface area (Å²) in [5, 5.41) is 0. The van der Waals surface area contributed by atoms with Gasteiger partial charge in [-0.3, -0.25) is 4.79 Å². The molecular formula is C20H21O8P. The van der Waals surface area contributed by atoms with E-state index in [1.54, 1.807) is 30.3 Å². The molecule has 0 fully saturated rings. The third kappa shape index (κ3) is 4.39. The number of para-hydroxylation sites is 1. The van der Waals surface area contributed by atoms with E-state index in [0.29, 0.717) is 39.7 Å². The topological polar surface area (TPSA) is 101 Å². The number of carbonyl (C=O) groups is 1. The predicted octanol–water partition coefficient (Wildman–Crippen LogP) is 3.57. The molecule has 3 rings (SSSR count). The molecule has 2 aromatic rings. The fraction of sp³-hybridized carbons (Fsp3) is 0.250. The van der Waals surface area contributed by atoms with Crippen LogP contribution in [0.25, 0.3) is 6.08 Å². The lowest BCUT2D eigenvalue weighted by Gasteiger charge is -2.21. The largest absolute Gasteiger partial charge is 0.493 e. The molecule has 0 radical (unpaired) electrons. The summed E-state index contributed by atoms with van der Waals surface area (Å²) < 4.78 is 38.2. The van der Waals surface area contributed by atoms with E-state index in [-0.39, 0.29) is 18.1 Å². The Hall–Kier alpha value is -2.96. The van der Waals surface area contributed by atoms with Gasteiger partial charge in [0.1, 0.15) is 6.61 Å². The Balaban J connectivity index is 1.98. The molecule has 1 aliphatic rings. The maximum absolute atomic E-state index is 13.0. The van der Waals surface area contributed by atoms with Gasteiger partial charge >= 0.3 is 7.60 Å². The van der Waals surface area contributed by atoms with Crippen LogP contribution in [-0.4, -0.2) is 45.3 Å². The molecule has 0 saturated carbocycles. The molecular weight excluding hydrogens is 399 g/mol. The summed E-state index contributed by atoms with van der Waals surface area (Å²) in [6, 6.07) is 8.04. The Morgan fingerprint density at radius 3 is 2.28 bits per heavy atom. The summed E-state index contributed by atoms with van der Waals surface area (Å²) in [4.78, 5) is 22.5. The predicted molar refractivity (Wildman–Crippen MR) is 107 cm³/mol. The zero-order chi connectivity index (χ0) is 21.2. The van der Waals surface area contributed by atoms with Crippen LogP contribution >= 0.6 is 7.60 Å². The second-order valence-corrected chi connectivity index (χ2v) is 8.06. The van der Waals surface area contributed by atoms with E-state index in [0.717, 1.165) is 6.66 Å². The molecule has 1 unspecified atom stereocenters. The quantitative estimate of drug-likeness (QED) is 0.536. The Labute approximate surface area is 168 Å². The molecule has 2 aromatic carbocycles. The van der Waals surface area contributed by atoms with E-state index >= 15 is 0 Å². The van der Waals surface area contributed by atoms with Crippen LogP contribution in [0.5, 0.6) is 28.7 Å². The summed E-state index contributed by atoms with van der Waals surface area (Å²) in [6.45, 7) is 1.06. The van der Waals surface area contributed by atoms with Gasteiger partial charge in [-0.1, -0.05) is 12.1 Å². The van der Waals surface area contributed by atoms with Crippen LogP contribution in [0.15, 0.2) is 35.9 Å². The van der Waals surface area contributed by atoms with E-state index in [1.807, 2.05) is 0 Å². The maximum Gasteiger partial charge on any atom is 0.373 e. The second kappa shape index (κ2) is 8.19. The fourth-order valence-corrected chi connectivity index (χ4v) is 3.47. The van der Waals surface area contributed by atoms with Gasteiger partial charge in [-0.25, -0.2) is 4.57 Å². The fourth-order valence-electron chi connectivity index (χ4n) is 2.96. The monoisotopic (exact) mass is 420 g/mol. The number of Topliss-reactive ketones (excluding diaryl/α,β-unsaturated/α-hetero) is 1. The zero-order valence-corrected chi connectivity index (χ0v) is 17.3. The highest BCUT2D eigenvalue weighted by Gasteiger charge is 2.25. The number of hydrogen-bond acceptors (Lipinski definition) is 7. The standard InChI is InChI=1S/C20H21O8P/c1-24-16-9-13(10-17(25-2)20(16)26-3)18(21)14-8-12-6-5-7-15(19(12)27-11-14)28-29(4,22)23/h5-10H,11H2,1-4H3,(H,22,23). The second-order valence-electron chi connectivity index (χ2n) is 6.27. The molecule has 9 heteroatoms. The number of benzene rings is 2. The Morgan fingerprint density at radius 1 is 1.07 bits per heavy atom. The van der Waals surface area contributed by atoms with Crippen molar-refractivity contribution in [2.45, 2.75) is 0 Å². The van der Waals surface area contributed by atoms with Gasteiger partial charge in [0.2, 0.25) is 5.75 Å². The van der Waals surface area contributed by atoms with E-state index in [9.17, 15) is 14.3 Å². The SMILES string of the molecule is COc1cc(C(=O)C2=Cc3cccc(OP(C)(=O)O)c3OC2)cc(OC)c1OC. The van der Waals surface area contributed by atoms with Crippen molar-refractivity contribution >= 4 is 19.5 Å². The molecule has 1 N–H and O–H groups in total. The van der Waals surface area contributed by atoms with Gasteiger partial charge in [-0.15, -0.1) is 0 Å². The molecule has 0 aromatic heterocycles. The summed E-state index contributed by atoms with van der Waals surface area (Å²) in [5.41, 5.74) is 1.31. The van der Waals surface area contributed by atoms with Gasteiger partial charge in [-0.2, -0.15) is 0 Å². The van der Waals surface area contributed by atoms with Crippen LogP contribution in [0.3, 0.4) is 0 Å². The molecule has 1 heterocycles. The summed E-state index contributed by atoms with van der Waals surface area (Å²) in [7, 11) is 0.678. The van der Waals surface area contributed by atoms with Crippen LogP contribution < -0.4 is 23.5 Å². The van der Waals surface area contributed by atoms with E-state index in [2.05, 4.69) is 0 Å². The van der Waals surface area contributed by atoms with Crippen molar-refractivity contribution in [3.05, 3.63) is 47.0 Å². The maximum atomic E-state index is 13.0. The third-order valence-corrected chi connectivity index (χ3v) is 4.73. The van der Waals surface area contributed by atoms with Crippen molar-refractivity contribution in [3.63, 3.8) is 0 Å². The molecule has 154 valence electrons. The Morgan fingerprint density at radius 2 is 1.72 bits per heavy atom. The number of ether oxygens (including phenoxy) is 4. The number of hydrogen-bond donors (Lipinski definition) is 1. The van der Waals surface area contributed by atoms with Crippen molar-refractivity contribution in [1.82, 2.24) is 0 Å². The summed E-state index contributed by atoms with van der Waals surface area (Å²) in [6.07, 6.45) is 1.66. The van der Waals surface area contributed by atoms with Crippen molar-refractivity contribution < 1.29 is 37.7 Å². The molecule has 29 heavy (non-hydrogen) atoms. The first kappa shape index (κ1) is 20.8. The molecule has 1 aliphatic heterocycles. The van der Waals surface area contributed by atoms with Gasteiger partial charge < -0.3 is 28.4 Å². The molecule has 1 atom stereocenters. The number of rotatable bonds is 7. The lowest BCUT2D eigenvalue weighted by Crippen LogP contribution is -2.16. The third-order valence-electron chi connectivity index (χ3n) is 4.20. The molecule has 8 nitrogen and oxygen atoms in total.